The van der Waals surface area contributed by atoms with Gasteiger partial charge in [0.25, 0.3) is 11.8 Å². The van der Waals surface area contributed by atoms with Crippen LogP contribution in [-0.4, -0.2) is 81.4 Å². The number of carbonyl (C=O) groups excluding carboxylic acids is 2. The Bertz CT molecular complexity index is 1330. The second-order valence-electron chi connectivity index (χ2n) is 8.95. The molecule has 0 fully saturated rings. The molecular weight excluding hydrogens is 520 g/mol. The van der Waals surface area contributed by atoms with Crippen molar-refractivity contribution in [3.8, 4) is 11.5 Å². The van der Waals surface area contributed by atoms with E-state index >= 15 is 0 Å². The van der Waals surface area contributed by atoms with Crippen LogP contribution in [0, 0.1) is 0 Å². The van der Waals surface area contributed by atoms with Crippen LogP contribution < -0.4 is 20.1 Å². The fourth-order valence-electron chi connectivity index (χ4n) is 3.89. The summed E-state index contributed by atoms with van der Waals surface area (Å²) < 4.78 is 26.1. The maximum absolute atomic E-state index is 12.5. The topological polar surface area (TPSA) is 157 Å². The number of hydrogen-bond acceptors (Lipinski definition) is 10. The van der Waals surface area contributed by atoms with Gasteiger partial charge in [0, 0.05) is 0 Å². The number of hydrogen-bond donors (Lipinski definition) is 2. The van der Waals surface area contributed by atoms with E-state index in [2.05, 4.69) is 31.3 Å². The van der Waals surface area contributed by atoms with Gasteiger partial charge >= 0.3 is 0 Å². The first-order chi connectivity index (χ1) is 19.6. The van der Waals surface area contributed by atoms with Crippen molar-refractivity contribution in [2.45, 2.75) is 26.2 Å². The molecule has 40 heavy (non-hydrogen) atoms. The summed E-state index contributed by atoms with van der Waals surface area (Å²) in [6.45, 7) is 2.71. The zero-order valence-electron chi connectivity index (χ0n) is 21.8. The van der Waals surface area contributed by atoms with E-state index in [1.54, 1.807) is 33.9 Å². The first-order valence-electron chi connectivity index (χ1n) is 12.9. The Hall–Kier alpha value is -4.56. The predicted octanol–water partition coefficient (Wildman–Crippen LogP) is 0.460. The maximum Gasteiger partial charge on any atom is 0.258 e. The molecule has 0 unspecified atom stereocenters. The standard InChI is InChI=1S/C26H30N8O6/c35-25-17-39-23-11-19-3-1-2-4-20(19)12-24(23)40-18-26(36)28-14-22-16-34(32-30-22)6-8-38-10-9-37-7-5-33-15-21(13-27-25)29-31-33/h1-4,11-12,15-16H,5-10,13-14,17-18H2,(H,27,35)(H,28,36). The fourth-order valence-corrected chi connectivity index (χ4v) is 3.89. The lowest BCUT2D eigenvalue weighted by atomic mass is 10.1. The van der Waals surface area contributed by atoms with Gasteiger partial charge in [-0.15, -0.1) is 10.2 Å². The molecule has 0 aliphatic carbocycles. The highest BCUT2D eigenvalue weighted by atomic mass is 16.5. The first-order valence-corrected chi connectivity index (χ1v) is 12.9. The first kappa shape index (κ1) is 27.0. The summed E-state index contributed by atoms with van der Waals surface area (Å²) in [5.74, 6) is 0.00633. The van der Waals surface area contributed by atoms with Crippen LogP contribution in [-0.2, 0) is 45.2 Å². The third-order valence-electron chi connectivity index (χ3n) is 5.94. The van der Waals surface area contributed by atoms with E-state index in [9.17, 15) is 9.59 Å². The average Bonchev–Trinajstić information content (AvgIpc) is 3.62. The van der Waals surface area contributed by atoms with Crippen molar-refractivity contribution in [2.24, 2.45) is 0 Å². The van der Waals surface area contributed by atoms with Gasteiger partial charge in [-0.3, -0.25) is 9.59 Å². The van der Waals surface area contributed by atoms with Gasteiger partial charge < -0.3 is 29.6 Å². The summed E-state index contributed by atoms with van der Waals surface area (Å²) in [5, 5.41) is 23.6. The van der Waals surface area contributed by atoms with Gasteiger partial charge in [0.2, 0.25) is 0 Å². The highest BCUT2D eigenvalue weighted by molar-refractivity contribution is 5.86. The Balaban J connectivity index is 1.26. The lowest BCUT2D eigenvalue weighted by molar-refractivity contribution is -0.124. The number of rotatable bonds is 0. The molecule has 0 spiro atoms. The molecule has 0 saturated heterocycles. The quantitative estimate of drug-likeness (QED) is 0.315. The normalized spacial score (nSPS) is 16.7. The monoisotopic (exact) mass is 550 g/mol. The zero-order chi connectivity index (χ0) is 27.6. The Morgan fingerprint density at radius 2 is 1.15 bits per heavy atom. The van der Waals surface area contributed by atoms with Crippen LogP contribution in [0.3, 0.4) is 0 Å². The number of benzene rings is 2. The highest BCUT2D eigenvalue weighted by Gasteiger charge is 2.13. The van der Waals surface area contributed by atoms with Crippen LogP contribution >= 0.6 is 0 Å². The van der Waals surface area contributed by atoms with Crippen molar-refractivity contribution in [3.63, 3.8) is 0 Å². The zero-order valence-corrected chi connectivity index (χ0v) is 21.8. The van der Waals surface area contributed by atoms with Crippen LogP contribution in [0.1, 0.15) is 11.4 Å². The van der Waals surface area contributed by atoms with E-state index in [1.165, 1.54) is 0 Å². The summed E-state index contributed by atoms with van der Waals surface area (Å²) in [7, 11) is 0. The van der Waals surface area contributed by atoms with Gasteiger partial charge in [-0.25, -0.2) is 9.36 Å². The van der Waals surface area contributed by atoms with E-state index < -0.39 is 0 Å². The molecule has 1 aliphatic rings. The molecule has 5 rings (SSSR count). The molecule has 2 aromatic carbocycles. The van der Waals surface area contributed by atoms with E-state index in [-0.39, 0.29) is 38.1 Å². The lowest BCUT2D eigenvalue weighted by Gasteiger charge is -2.14. The molecule has 2 N–H and O–H groups in total. The van der Waals surface area contributed by atoms with E-state index in [0.29, 0.717) is 62.4 Å². The summed E-state index contributed by atoms with van der Waals surface area (Å²) >= 11 is 0. The van der Waals surface area contributed by atoms with Gasteiger partial charge in [-0.05, 0) is 22.9 Å². The molecular formula is C26H30N8O6. The summed E-state index contributed by atoms with van der Waals surface area (Å²) in [4.78, 5) is 25.0. The molecule has 14 nitrogen and oxygen atoms in total. The molecule has 4 aromatic rings. The molecule has 0 atom stereocenters. The molecule has 3 heterocycles. The lowest BCUT2D eigenvalue weighted by Crippen LogP contribution is -2.29. The molecule has 14 heteroatoms. The number of amides is 2. The maximum atomic E-state index is 12.5. The molecule has 0 saturated carbocycles. The second kappa shape index (κ2) is 13.5. The smallest absolute Gasteiger partial charge is 0.258 e. The van der Waals surface area contributed by atoms with Gasteiger partial charge in [0.15, 0.2) is 24.7 Å². The third kappa shape index (κ3) is 7.74. The SMILES string of the molecule is O=C1COc2cc3ccccc3cc2OCC(=O)NCc2cn(nn2)CCOCCOCCn2cc(nn2)CN1. The van der Waals surface area contributed by atoms with E-state index in [4.69, 9.17) is 18.9 Å². The molecule has 2 amide bonds. The molecule has 1 aliphatic heterocycles. The van der Waals surface area contributed by atoms with Gasteiger partial charge in [0.1, 0.15) is 11.4 Å². The largest absolute Gasteiger partial charge is 0.480 e. The minimum atomic E-state index is -0.343. The van der Waals surface area contributed by atoms with Crippen LogP contribution in [0.25, 0.3) is 10.8 Å². The number of nitrogens with one attached hydrogen (secondary N) is 2. The van der Waals surface area contributed by atoms with E-state index in [1.807, 2.05) is 24.3 Å². The number of fused-ring (bicyclic) bond motifs is 6. The van der Waals surface area contributed by atoms with Crippen molar-refractivity contribution in [3.05, 3.63) is 60.2 Å². The number of carbonyl (C=O) groups is 2. The highest BCUT2D eigenvalue weighted by Crippen LogP contribution is 2.32. The molecule has 2 aromatic heterocycles. The molecule has 0 radical (unpaired) electrons. The minimum Gasteiger partial charge on any atom is -0.480 e. The van der Waals surface area contributed by atoms with Crippen LogP contribution in [0.4, 0.5) is 0 Å². The van der Waals surface area contributed by atoms with Crippen molar-refractivity contribution in [2.75, 3.05) is 39.6 Å². The average molecular weight is 551 g/mol. The van der Waals surface area contributed by atoms with Crippen molar-refractivity contribution in [1.29, 1.82) is 0 Å². The van der Waals surface area contributed by atoms with Crippen LogP contribution in [0.5, 0.6) is 11.5 Å². The Labute approximate surface area is 229 Å². The second-order valence-corrected chi connectivity index (χ2v) is 8.95. The summed E-state index contributed by atoms with van der Waals surface area (Å²) in [6, 6.07) is 11.2. The Morgan fingerprint density at radius 3 is 1.62 bits per heavy atom. The Morgan fingerprint density at radius 1 is 0.675 bits per heavy atom. The van der Waals surface area contributed by atoms with E-state index in [0.717, 1.165) is 10.8 Å². The van der Waals surface area contributed by atoms with Crippen molar-refractivity contribution < 1.29 is 28.5 Å². The minimum absolute atomic E-state index is 0.199. The summed E-state index contributed by atoms with van der Waals surface area (Å²) in [6.07, 6.45) is 3.50. The number of aromatic nitrogens is 6. The summed E-state index contributed by atoms with van der Waals surface area (Å²) in [5.41, 5.74) is 1.21. The molecule has 4 bridgehead atoms. The predicted molar refractivity (Wildman–Crippen MR) is 140 cm³/mol. The number of ether oxygens (including phenoxy) is 4. The van der Waals surface area contributed by atoms with Crippen molar-refractivity contribution in [1.82, 2.24) is 40.6 Å². The van der Waals surface area contributed by atoms with Crippen LogP contribution in [0.15, 0.2) is 48.8 Å². The van der Waals surface area contributed by atoms with Crippen LogP contribution in [0.2, 0.25) is 0 Å². The van der Waals surface area contributed by atoms with Gasteiger partial charge in [0.05, 0.1) is 65.0 Å². The van der Waals surface area contributed by atoms with Crippen molar-refractivity contribution >= 4 is 22.6 Å². The number of nitrogens with zero attached hydrogens (tertiary/aromatic N) is 6. The van der Waals surface area contributed by atoms with Gasteiger partial charge in [-0.2, -0.15) is 0 Å². The fraction of sp³-hybridized carbons (Fsp3) is 0.385. The molecule has 210 valence electrons. The Kier molecular flexibility index (Phi) is 9.11. The van der Waals surface area contributed by atoms with Gasteiger partial charge in [-0.1, -0.05) is 34.7 Å². The third-order valence-corrected chi connectivity index (χ3v) is 5.94.